The Morgan fingerprint density at radius 2 is 1.92 bits per heavy atom. The van der Waals surface area contributed by atoms with Crippen LogP contribution in [0.1, 0.15) is 67.6 Å². The van der Waals surface area contributed by atoms with Gasteiger partial charge in [-0.1, -0.05) is 13.8 Å². The second kappa shape index (κ2) is 6.42. The molecule has 4 aliphatic rings. The maximum atomic E-state index is 13.2. The molecule has 4 fully saturated rings. The summed E-state index contributed by atoms with van der Waals surface area (Å²) in [5.41, 5.74) is 0.485. The minimum atomic E-state index is -0.152. The lowest BCUT2D eigenvalue weighted by molar-refractivity contribution is -0.127. The second-order valence-electron chi connectivity index (χ2n) is 8.22. The molecule has 0 saturated heterocycles. The standard InChI is InChI=1S/C20H28N2O2S/c1-3-5-21-17(23)16-9-15(4-2)25-18(16)22-19(24)20-10-12-6-13(11-20)8-14(20)7-12/h9,12-14H,3-8,10-11H2,1-2H3,(H,21,23)(H,22,24)/t12-,13?,14?,20?/m1/s1. The van der Waals surface area contributed by atoms with Crippen molar-refractivity contribution in [2.75, 3.05) is 11.9 Å². The van der Waals surface area contributed by atoms with Crippen LogP contribution in [0.25, 0.3) is 0 Å². The zero-order chi connectivity index (χ0) is 17.6. The lowest BCUT2D eigenvalue weighted by atomic mass is 9.75. The maximum absolute atomic E-state index is 13.2. The third kappa shape index (κ3) is 2.80. The average molecular weight is 361 g/mol. The van der Waals surface area contributed by atoms with Crippen molar-refractivity contribution < 1.29 is 9.59 Å². The number of hydrogen-bond acceptors (Lipinski definition) is 3. The minimum Gasteiger partial charge on any atom is -0.352 e. The molecule has 1 heterocycles. The van der Waals surface area contributed by atoms with Gasteiger partial charge in [0.1, 0.15) is 5.00 Å². The molecule has 4 atom stereocenters. The van der Waals surface area contributed by atoms with E-state index >= 15 is 0 Å². The molecule has 25 heavy (non-hydrogen) atoms. The van der Waals surface area contributed by atoms with E-state index in [-0.39, 0.29) is 17.2 Å². The zero-order valence-electron chi connectivity index (χ0n) is 15.2. The molecule has 2 amide bonds. The van der Waals surface area contributed by atoms with Gasteiger partial charge in [0.05, 0.1) is 11.0 Å². The number of carbonyl (C=O) groups is 2. The van der Waals surface area contributed by atoms with Crippen molar-refractivity contribution in [3.8, 4) is 0 Å². The summed E-state index contributed by atoms with van der Waals surface area (Å²) in [6.07, 6.45) is 7.71. The fourth-order valence-electron chi connectivity index (χ4n) is 5.61. The predicted molar refractivity (Wildman–Crippen MR) is 101 cm³/mol. The Morgan fingerprint density at radius 1 is 1.20 bits per heavy atom. The van der Waals surface area contributed by atoms with E-state index < -0.39 is 0 Å². The summed E-state index contributed by atoms with van der Waals surface area (Å²) in [7, 11) is 0. The smallest absolute Gasteiger partial charge is 0.254 e. The highest BCUT2D eigenvalue weighted by Crippen LogP contribution is 2.65. The first kappa shape index (κ1) is 17.1. The van der Waals surface area contributed by atoms with E-state index in [2.05, 4.69) is 17.6 Å². The van der Waals surface area contributed by atoms with Gasteiger partial charge in [-0.15, -0.1) is 11.3 Å². The van der Waals surface area contributed by atoms with Crippen LogP contribution in [0.15, 0.2) is 6.07 Å². The molecule has 2 N–H and O–H groups in total. The molecule has 0 aliphatic heterocycles. The van der Waals surface area contributed by atoms with Crippen LogP contribution in [0.3, 0.4) is 0 Å². The van der Waals surface area contributed by atoms with Crippen LogP contribution in [0.2, 0.25) is 0 Å². The number of amides is 2. The van der Waals surface area contributed by atoms with Gasteiger partial charge in [-0.25, -0.2) is 0 Å². The van der Waals surface area contributed by atoms with Gasteiger partial charge in [-0.3, -0.25) is 9.59 Å². The summed E-state index contributed by atoms with van der Waals surface area (Å²) < 4.78 is 0. The van der Waals surface area contributed by atoms with Crippen molar-refractivity contribution in [2.45, 2.75) is 58.8 Å². The van der Waals surface area contributed by atoms with Gasteiger partial charge in [-0.05, 0) is 68.8 Å². The van der Waals surface area contributed by atoms with Crippen LogP contribution < -0.4 is 10.6 Å². The number of rotatable bonds is 6. The molecule has 3 unspecified atom stereocenters. The quantitative estimate of drug-likeness (QED) is 0.798. The van der Waals surface area contributed by atoms with Crippen LogP contribution in [0, 0.1) is 23.2 Å². The number of thiophene rings is 1. The molecule has 1 aromatic heterocycles. The van der Waals surface area contributed by atoms with Crippen molar-refractivity contribution in [1.29, 1.82) is 0 Å². The zero-order valence-corrected chi connectivity index (χ0v) is 16.0. The largest absolute Gasteiger partial charge is 0.352 e. The van der Waals surface area contributed by atoms with E-state index in [1.165, 1.54) is 19.3 Å². The van der Waals surface area contributed by atoms with Gasteiger partial charge in [-0.2, -0.15) is 0 Å². The van der Waals surface area contributed by atoms with E-state index in [1.807, 2.05) is 13.0 Å². The first-order valence-corrected chi connectivity index (χ1v) is 10.6. The number of anilines is 1. The summed E-state index contributed by atoms with van der Waals surface area (Å²) in [5, 5.41) is 6.88. The van der Waals surface area contributed by atoms with Gasteiger partial charge >= 0.3 is 0 Å². The molecule has 4 bridgehead atoms. The normalized spacial score (nSPS) is 32.2. The van der Waals surface area contributed by atoms with Crippen LogP contribution in [-0.4, -0.2) is 18.4 Å². The van der Waals surface area contributed by atoms with Gasteiger partial charge in [0.2, 0.25) is 5.91 Å². The Kier molecular flexibility index (Phi) is 4.38. The molecule has 0 radical (unpaired) electrons. The maximum Gasteiger partial charge on any atom is 0.254 e. The summed E-state index contributed by atoms with van der Waals surface area (Å²) in [5.74, 6) is 2.19. The highest BCUT2D eigenvalue weighted by molar-refractivity contribution is 7.16. The minimum absolute atomic E-state index is 0.0668. The molecule has 4 nitrogen and oxygen atoms in total. The van der Waals surface area contributed by atoms with E-state index in [9.17, 15) is 9.59 Å². The molecule has 1 aromatic rings. The third-order valence-electron chi connectivity index (χ3n) is 6.58. The van der Waals surface area contributed by atoms with E-state index in [1.54, 1.807) is 11.3 Å². The Balaban J connectivity index is 1.55. The lowest BCUT2D eigenvalue weighted by Gasteiger charge is -2.31. The van der Waals surface area contributed by atoms with Crippen molar-refractivity contribution in [3.63, 3.8) is 0 Å². The van der Waals surface area contributed by atoms with Crippen LogP contribution in [0.5, 0.6) is 0 Å². The fraction of sp³-hybridized carbons (Fsp3) is 0.700. The summed E-state index contributed by atoms with van der Waals surface area (Å²) in [4.78, 5) is 26.9. The Labute approximate surface area is 153 Å². The van der Waals surface area contributed by atoms with E-state index in [0.717, 1.165) is 47.4 Å². The molecule has 136 valence electrons. The number of carbonyl (C=O) groups excluding carboxylic acids is 2. The summed E-state index contributed by atoms with van der Waals surface area (Å²) in [6, 6.07) is 1.95. The summed E-state index contributed by atoms with van der Waals surface area (Å²) >= 11 is 1.56. The Bertz CT molecular complexity index is 682. The van der Waals surface area contributed by atoms with Gasteiger partial charge in [0, 0.05) is 11.4 Å². The van der Waals surface area contributed by atoms with E-state index in [4.69, 9.17) is 0 Å². The predicted octanol–water partition coefficient (Wildman–Crippen LogP) is 4.22. The first-order valence-electron chi connectivity index (χ1n) is 9.78. The second-order valence-corrected chi connectivity index (χ2v) is 9.36. The van der Waals surface area contributed by atoms with Gasteiger partial charge in [0.15, 0.2) is 0 Å². The Morgan fingerprint density at radius 3 is 2.56 bits per heavy atom. The van der Waals surface area contributed by atoms with Crippen LogP contribution >= 0.6 is 11.3 Å². The van der Waals surface area contributed by atoms with Crippen molar-refractivity contribution >= 4 is 28.2 Å². The lowest BCUT2D eigenvalue weighted by Crippen LogP contribution is -2.37. The molecular weight excluding hydrogens is 332 g/mol. The molecule has 0 spiro atoms. The summed E-state index contributed by atoms with van der Waals surface area (Å²) in [6.45, 7) is 4.79. The average Bonchev–Trinajstić information content (AvgIpc) is 3.20. The highest BCUT2D eigenvalue weighted by Gasteiger charge is 2.61. The monoisotopic (exact) mass is 360 g/mol. The number of nitrogens with one attached hydrogen (secondary N) is 2. The van der Waals surface area contributed by atoms with E-state index in [0.29, 0.717) is 18.0 Å². The van der Waals surface area contributed by atoms with Crippen molar-refractivity contribution in [2.24, 2.45) is 23.2 Å². The molecule has 0 aromatic carbocycles. The number of hydrogen-bond donors (Lipinski definition) is 2. The molecule has 4 aliphatic carbocycles. The molecule has 4 saturated carbocycles. The van der Waals surface area contributed by atoms with Gasteiger partial charge in [0.25, 0.3) is 5.91 Å². The van der Waals surface area contributed by atoms with Crippen LogP contribution in [-0.2, 0) is 11.2 Å². The number of aryl methyl sites for hydroxylation is 1. The third-order valence-corrected chi connectivity index (χ3v) is 7.78. The fourth-order valence-corrected chi connectivity index (χ4v) is 6.59. The van der Waals surface area contributed by atoms with Crippen LogP contribution in [0.4, 0.5) is 5.00 Å². The molecular formula is C20H28N2O2S. The highest BCUT2D eigenvalue weighted by atomic mass is 32.1. The topological polar surface area (TPSA) is 58.2 Å². The van der Waals surface area contributed by atoms with Crippen molar-refractivity contribution in [1.82, 2.24) is 5.32 Å². The van der Waals surface area contributed by atoms with Crippen molar-refractivity contribution in [3.05, 3.63) is 16.5 Å². The Hall–Kier alpha value is -1.36. The first-order chi connectivity index (χ1) is 12.1. The molecule has 5 heteroatoms. The van der Waals surface area contributed by atoms with Gasteiger partial charge < -0.3 is 10.6 Å². The molecule has 5 rings (SSSR count). The SMILES string of the molecule is CCCNC(=O)c1cc(CC)sc1NC(=O)C12CC3CC1C[C@@H](C3)C2.